The fraction of sp³-hybridized carbons (Fsp3) is 0.962. The Hall–Kier alpha value is -1.23. The smallest absolute Gasteiger partial charge is 0.305 e. The Labute approximate surface area is 389 Å². The van der Waals surface area contributed by atoms with Crippen molar-refractivity contribution in [2.24, 2.45) is 35.5 Å². The minimum atomic E-state index is -3.45. The molecule has 5 unspecified atom stereocenters. The standard InChI is InChI=1S/C53H102O9S/c1-44(2)25-20-27-46(5)29-22-31-48(7)36-41-58-51(54)34-16-12-10-14-18-38-53(60-43-50(62-53)33-24-40-61-63(9,56)57)39-19-15-11-13-17-35-52(55)59-42-37-49(8)32-23-30-47(6)28-21-26-45(3)4/h44-50H,10-43H2,1-9H3. The first-order valence-electron chi connectivity index (χ1n) is 26.5. The third kappa shape index (κ3) is 36.6. The van der Waals surface area contributed by atoms with E-state index in [2.05, 4.69) is 55.4 Å². The number of carbonyl (C=O) groups excluding carboxylic acids is 2. The third-order valence-electron chi connectivity index (χ3n) is 13.3. The lowest BCUT2D eigenvalue weighted by Crippen LogP contribution is -2.31. The molecule has 0 N–H and O–H groups in total. The zero-order valence-corrected chi connectivity index (χ0v) is 43.5. The van der Waals surface area contributed by atoms with Gasteiger partial charge in [0.05, 0.1) is 38.8 Å². The molecular weight excluding hydrogens is 813 g/mol. The highest BCUT2D eigenvalue weighted by Gasteiger charge is 2.40. The van der Waals surface area contributed by atoms with Gasteiger partial charge in [-0.15, -0.1) is 0 Å². The van der Waals surface area contributed by atoms with Crippen molar-refractivity contribution in [1.29, 1.82) is 0 Å². The fourth-order valence-corrected chi connectivity index (χ4v) is 9.32. The Morgan fingerprint density at radius 3 is 1.30 bits per heavy atom. The molecule has 1 aliphatic heterocycles. The van der Waals surface area contributed by atoms with Gasteiger partial charge >= 0.3 is 11.9 Å². The highest BCUT2D eigenvalue weighted by Crippen LogP contribution is 2.36. The van der Waals surface area contributed by atoms with Crippen molar-refractivity contribution in [3.05, 3.63) is 0 Å². The Kier molecular flexibility index (Phi) is 35.0. The Balaban J connectivity index is 2.27. The summed E-state index contributed by atoms with van der Waals surface area (Å²) in [6, 6.07) is 0. The number of unbranched alkanes of at least 4 members (excludes halogenated alkanes) is 8. The molecule has 0 aromatic carbocycles. The molecule has 1 fully saturated rings. The topological polar surface area (TPSA) is 114 Å². The quantitative estimate of drug-likeness (QED) is 0.0335. The first-order valence-corrected chi connectivity index (χ1v) is 28.3. The number of rotatable bonds is 43. The van der Waals surface area contributed by atoms with E-state index < -0.39 is 15.9 Å². The van der Waals surface area contributed by atoms with Gasteiger partial charge in [0, 0.05) is 25.7 Å². The first kappa shape index (κ1) is 59.8. The van der Waals surface area contributed by atoms with E-state index >= 15 is 0 Å². The van der Waals surface area contributed by atoms with Gasteiger partial charge in [-0.3, -0.25) is 13.8 Å². The van der Waals surface area contributed by atoms with E-state index in [1.54, 1.807) is 0 Å². The largest absolute Gasteiger partial charge is 0.466 e. The molecule has 374 valence electrons. The summed E-state index contributed by atoms with van der Waals surface area (Å²) in [5.74, 6) is 3.64. The van der Waals surface area contributed by atoms with Crippen LogP contribution in [0.25, 0.3) is 0 Å². The van der Waals surface area contributed by atoms with Crippen molar-refractivity contribution in [3.8, 4) is 0 Å². The number of hydrogen-bond acceptors (Lipinski definition) is 9. The predicted octanol–water partition coefficient (Wildman–Crippen LogP) is 14.7. The fourth-order valence-electron chi connectivity index (χ4n) is 8.90. The summed E-state index contributed by atoms with van der Waals surface area (Å²) >= 11 is 0. The summed E-state index contributed by atoms with van der Waals surface area (Å²) in [5, 5.41) is 0. The van der Waals surface area contributed by atoms with Crippen molar-refractivity contribution >= 4 is 22.1 Å². The zero-order valence-electron chi connectivity index (χ0n) is 42.7. The Morgan fingerprint density at radius 1 is 0.508 bits per heavy atom. The molecule has 9 nitrogen and oxygen atoms in total. The average Bonchev–Trinajstić information content (AvgIpc) is 3.60. The molecule has 0 spiro atoms. The summed E-state index contributed by atoms with van der Waals surface area (Å²) in [4.78, 5) is 24.8. The molecule has 0 amide bonds. The van der Waals surface area contributed by atoms with Gasteiger partial charge in [0.25, 0.3) is 10.1 Å². The van der Waals surface area contributed by atoms with Crippen LogP contribution in [0.1, 0.15) is 248 Å². The predicted molar refractivity (Wildman–Crippen MR) is 261 cm³/mol. The number of ether oxygens (including phenoxy) is 4. The summed E-state index contributed by atoms with van der Waals surface area (Å²) < 4.78 is 51.8. The summed E-state index contributed by atoms with van der Waals surface area (Å²) in [7, 11) is -3.45. The molecule has 1 heterocycles. The van der Waals surface area contributed by atoms with Gasteiger partial charge in [0.2, 0.25) is 0 Å². The third-order valence-corrected chi connectivity index (χ3v) is 13.8. The van der Waals surface area contributed by atoms with Crippen molar-refractivity contribution in [3.63, 3.8) is 0 Å². The molecule has 0 aromatic rings. The molecule has 10 heteroatoms. The highest BCUT2D eigenvalue weighted by molar-refractivity contribution is 7.85. The van der Waals surface area contributed by atoms with Crippen molar-refractivity contribution < 1.29 is 41.1 Å². The SMILES string of the molecule is CC(C)CCCC(C)CCCC(C)CCOC(=O)CCCCCCCC1(CCCCCCCC(=O)OCCC(C)CCCC(C)CCCC(C)C)OCC(CCCOS(C)(=O)=O)O1. The number of carbonyl (C=O) groups is 2. The van der Waals surface area contributed by atoms with Gasteiger partial charge in [-0.25, -0.2) is 0 Å². The minimum absolute atomic E-state index is 0.0700. The molecule has 0 aliphatic carbocycles. The van der Waals surface area contributed by atoms with Crippen LogP contribution >= 0.6 is 0 Å². The van der Waals surface area contributed by atoms with Gasteiger partial charge in [0.15, 0.2) is 5.79 Å². The lowest BCUT2D eigenvalue weighted by Gasteiger charge is -2.28. The summed E-state index contributed by atoms with van der Waals surface area (Å²) in [6.07, 6.45) is 32.3. The van der Waals surface area contributed by atoms with Crippen LogP contribution in [0.4, 0.5) is 0 Å². The Morgan fingerprint density at radius 2 is 0.889 bits per heavy atom. The zero-order chi connectivity index (χ0) is 46.8. The van der Waals surface area contributed by atoms with Crippen LogP contribution < -0.4 is 0 Å². The van der Waals surface area contributed by atoms with Crippen LogP contribution in [0.15, 0.2) is 0 Å². The summed E-state index contributed by atoms with van der Waals surface area (Å²) in [6.45, 7) is 20.3. The molecule has 1 rings (SSSR count). The second-order valence-electron chi connectivity index (χ2n) is 21.1. The lowest BCUT2D eigenvalue weighted by molar-refractivity contribution is -0.180. The van der Waals surface area contributed by atoms with Gasteiger partial charge in [-0.05, 0) is 86.9 Å². The van der Waals surface area contributed by atoms with Gasteiger partial charge in [-0.2, -0.15) is 8.42 Å². The van der Waals surface area contributed by atoms with Gasteiger partial charge < -0.3 is 18.9 Å². The van der Waals surface area contributed by atoms with E-state index in [1.807, 2.05) is 0 Å². The van der Waals surface area contributed by atoms with E-state index in [0.29, 0.717) is 57.3 Å². The molecule has 1 saturated heterocycles. The van der Waals surface area contributed by atoms with Crippen molar-refractivity contribution in [2.45, 2.75) is 260 Å². The normalized spacial score (nSPS) is 18.8. The molecule has 5 atom stereocenters. The monoisotopic (exact) mass is 915 g/mol. The Bertz CT molecular complexity index is 1160. The second-order valence-corrected chi connectivity index (χ2v) is 22.8. The molecule has 0 bridgehead atoms. The minimum Gasteiger partial charge on any atom is -0.466 e. The maximum atomic E-state index is 12.4. The first-order chi connectivity index (χ1) is 30.0. The maximum Gasteiger partial charge on any atom is 0.305 e. The van der Waals surface area contributed by atoms with Crippen LogP contribution in [0, 0.1) is 35.5 Å². The molecule has 0 radical (unpaired) electrons. The van der Waals surface area contributed by atoms with E-state index in [1.165, 1.54) is 77.0 Å². The highest BCUT2D eigenvalue weighted by atomic mass is 32.2. The van der Waals surface area contributed by atoms with E-state index in [0.717, 1.165) is 120 Å². The van der Waals surface area contributed by atoms with Crippen LogP contribution in [0.5, 0.6) is 0 Å². The van der Waals surface area contributed by atoms with Crippen LogP contribution in [-0.2, 0) is 42.8 Å². The molecule has 0 saturated carbocycles. The number of esters is 2. The maximum absolute atomic E-state index is 12.4. The van der Waals surface area contributed by atoms with Crippen LogP contribution in [0.2, 0.25) is 0 Å². The van der Waals surface area contributed by atoms with Crippen LogP contribution in [0.3, 0.4) is 0 Å². The van der Waals surface area contributed by atoms with E-state index in [4.69, 9.17) is 23.1 Å². The van der Waals surface area contributed by atoms with Crippen molar-refractivity contribution in [2.75, 3.05) is 32.7 Å². The van der Waals surface area contributed by atoms with Crippen LogP contribution in [-0.4, -0.2) is 64.9 Å². The second kappa shape index (κ2) is 36.8. The average molecular weight is 915 g/mol. The van der Waals surface area contributed by atoms with E-state index in [9.17, 15) is 18.0 Å². The van der Waals surface area contributed by atoms with Crippen molar-refractivity contribution in [1.82, 2.24) is 0 Å². The van der Waals surface area contributed by atoms with Gasteiger partial charge in [0.1, 0.15) is 0 Å². The molecule has 1 aliphatic rings. The van der Waals surface area contributed by atoms with Gasteiger partial charge in [-0.1, -0.05) is 171 Å². The number of hydrogen-bond donors (Lipinski definition) is 0. The van der Waals surface area contributed by atoms with E-state index in [-0.39, 0.29) is 24.6 Å². The summed E-state index contributed by atoms with van der Waals surface area (Å²) in [5.41, 5.74) is 0. The molecular formula is C53H102O9S. The molecule has 0 aromatic heterocycles. The molecule has 63 heavy (non-hydrogen) atoms. The lowest BCUT2D eigenvalue weighted by atomic mass is 9.93.